The summed E-state index contributed by atoms with van der Waals surface area (Å²) in [5.74, 6) is 0.869. The molecule has 0 spiro atoms. The van der Waals surface area contributed by atoms with Crippen molar-refractivity contribution in [2.45, 2.75) is 50.3 Å². The fraction of sp³-hybridized carbons (Fsp3) is 1.00. The lowest BCUT2D eigenvalue weighted by atomic mass is 9.99. The zero-order valence-corrected chi connectivity index (χ0v) is 14.0. The Labute approximate surface area is 124 Å². The summed E-state index contributed by atoms with van der Waals surface area (Å²) in [6, 6.07) is 0.230. The van der Waals surface area contributed by atoms with Crippen LogP contribution in [0, 0.1) is 5.92 Å². The van der Waals surface area contributed by atoms with Crippen LogP contribution in [0.25, 0.3) is 0 Å². The summed E-state index contributed by atoms with van der Waals surface area (Å²) in [5.41, 5.74) is 0. The lowest BCUT2D eigenvalue weighted by Crippen LogP contribution is -2.45. The number of likely N-dealkylation sites (tertiary alicyclic amines) is 1. The minimum absolute atomic E-state index is 0.145. The van der Waals surface area contributed by atoms with Crippen molar-refractivity contribution in [1.82, 2.24) is 9.80 Å². The normalized spacial score (nSPS) is 30.2. The van der Waals surface area contributed by atoms with Crippen LogP contribution in [0.5, 0.6) is 0 Å². The molecule has 0 unspecified atom stereocenters. The highest BCUT2D eigenvalue weighted by Gasteiger charge is 2.37. The molecule has 1 aliphatic heterocycles. The Morgan fingerprint density at radius 2 is 1.80 bits per heavy atom. The van der Waals surface area contributed by atoms with Gasteiger partial charge in [0.15, 0.2) is 9.84 Å². The van der Waals surface area contributed by atoms with Crippen molar-refractivity contribution in [3.8, 4) is 0 Å². The molecule has 0 aromatic carbocycles. The highest BCUT2D eigenvalue weighted by Crippen LogP contribution is 2.28. The van der Waals surface area contributed by atoms with Crippen molar-refractivity contribution in [2.75, 3.05) is 39.5 Å². The predicted molar refractivity (Wildman–Crippen MR) is 83.7 cm³/mol. The maximum absolute atomic E-state index is 11.9. The van der Waals surface area contributed by atoms with Gasteiger partial charge >= 0.3 is 0 Å². The second kappa shape index (κ2) is 6.75. The molecule has 0 aromatic rings. The minimum atomic E-state index is -2.90. The second-order valence-corrected chi connectivity index (χ2v) is 9.14. The third kappa shape index (κ3) is 4.18. The van der Waals surface area contributed by atoms with E-state index in [1.165, 1.54) is 32.2 Å². The van der Waals surface area contributed by atoms with Crippen molar-refractivity contribution in [2.24, 2.45) is 5.92 Å². The van der Waals surface area contributed by atoms with Gasteiger partial charge in [-0.2, -0.15) is 0 Å². The lowest BCUT2D eigenvalue weighted by Gasteiger charge is -2.34. The number of piperidine rings is 1. The molecular formula is C15H30N2O2S. The van der Waals surface area contributed by atoms with Gasteiger partial charge in [-0.3, -0.25) is 0 Å². The van der Waals surface area contributed by atoms with Crippen molar-refractivity contribution < 1.29 is 8.42 Å². The van der Waals surface area contributed by atoms with Gasteiger partial charge in [0.25, 0.3) is 0 Å². The summed E-state index contributed by atoms with van der Waals surface area (Å²) in [7, 11) is -0.805. The Hall–Kier alpha value is -0.130. The summed E-state index contributed by atoms with van der Waals surface area (Å²) in [6.45, 7) is 6.81. The molecule has 2 atom stereocenters. The van der Waals surface area contributed by atoms with E-state index in [0.717, 1.165) is 38.3 Å². The van der Waals surface area contributed by atoms with E-state index in [2.05, 4.69) is 23.8 Å². The Bertz CT molecular complexity index is 402. The van der Waals surface area contributed by atoms with Crippen LogP contribution in [0.4, 0.5) is 0 Å². The third-order valence-corrected chi connectivity index (χ3v) is 6.83. The maximum Gasteiger partial charge on any atom is 0.151 e. The van der Waals surface area contributed by atoms with E-state index in [4.69, 9.17) is 0 Å². The molecule has 0 aromatic heterocycles. The fourth-order valence-electron chi connectivity index (χ4n) is 3.66. The fourth-order valence-corrected chi connectivity index (χ4v) is 5.17. The average Bonchev–Trinajstić information content (AvgIpc) is 2.87. The number of rotatable bonds is 5. The van der Waals surface area contributed by atoms with Gasteiger partial charge in [0.05, 0.1) is 5.25 Å². The summed E-state index contributed by atoms with van der Waals surface area (Å²) in [6.07, 6.45) is 6.93. The van der Waals surface area contributed by atoms with Crippen LogP contribution >= 0.6 is 0 Å². The first kappa shape index (κ1) is 16.2. The molecule has 2 aliphatic rings. The van der Waals surface area contributed by atoms with Crippen molar-refractivity contribution >= 4 is 9.84 Å². The Morgan fingerprint density at radius 3 is 2.40 bits per heavy atom. The molecule has 20 heavy (non-hydrogen) atoms. The largest absolute Gasteiger partial charge is 0.302 e. The van der Waals surface area contributed by atoms with Crippen LogP contribution in [0.2, 0.25) is 0 Å². The Kier molecular flexibility index (Phi) is 5.49. The van der Waals surface area contributed by atoms with E-state index in [9.17, 15) is 8.42 Å². The molecule has 0 amide bonds. The summed E-state index contributed by atoms with van der Waals surface area (Å²) < 4.78 is 23.7. The monoisotopic (exact) mass is 302 g/mol. The van der Waals surface area contributed by atoms with Gasteiger partial charge in [0, 0.05) is 25.4 Å². The zero-order chi connectivity index (χ0) is 14.8. The SMILES string of the molecule is CC1CCN(CCN(C)[C@H]2CCC[C@H]2S(C)(=O)=O)CC1. The van der Waals surface area contributed by atoms with E-state index >= 15 is 0 Å². The zero-order valence-electron chi connectivity index (χ0n) is 13.2. The first-order valence-electron chi connectivity index (χ1n) is 7.99. The van der Waals surface area contributed by atoms with Gasteiger partial charge in [0.2, 0.25) is 0 Å². The molecule has 118 valence electrons. The molecule has 2 rings (SSSR count). The molecule has 1 heterocycles. The predicted octanol–water partition coefficient (Wildman–Crippen LogP) is 1.62. The lowest BCUT2D eigenvalue weighted by molar-refractivity contribution is 0.154. The van der Waals surface area contributed by atoms with E-state index in [-0.39, 0.29) is 11.3 Å². The number of likely N-dealkylation sites (N-methyl/N-ethyl adjacent to an activating group) is 1. The second-order valence-electron chi connectivity index (χ2n) is 6.87. The molecule has 0 N–H and O–H groups in total. The van der Waals surface area contributed by atoms with Gasteiger partial charge in [-0.15, -0.1) is 0 Å². The quantitative estimate of drug-likeness (QED) is 0.774. The summed E-state index contributed by atoms with van der Waals surface area (Å²) in [5, 5.41) is -0.145. The molecule has 5 heteroatoms. The summed E-state index contributed by atoms with van der Waals surface area (Å²) in [4.78, 5) is 4.82. The maximum atomic E-state index is 11.9. The van der Waals surface area contributed by atoms with E-state index in [1.807, 2.05) is 0 Å². The van der Waals surface area contributed by atoms with Crippen molar-refractivity contribution in [1.29, 1.82) is 0 Å². The van der Waals surface area contributed by atoms with Crippen LogP contribution < -0.4 is 0 Å². The molecule has 1 aliphatic carbocycles. The van der Waals surface area contributed by atoms with Crippen LogP contribution in [0.3, 0.4) is 0 Å². The van der Waals surface area contributed by atoms with E-state index in [1.54, 1.807) is 0 Å². The first-order chi connectivity index (χ1) is 9.38. The van der Waals surface area contributed by atoms with Crippen LogP contribution in [-0.4, -0.2) is 69.0 Å². The summed E-state index contributed by atoms with van der Waals surface area (Å²) >= 11 is 0. The number of hydrogen-bond donors (Lipinski definition) is 0. The first-order valence-corrected chi connectivity index (χ1v) is 9.95. The minimum Gasteiger partial charge on any atom is -0.302 e. The van der Waals surface area contributed by atoms with Gasteiger partial charge in [-0.1, -0.05) is 13.3 Å². The molecular weight excluding hydrogens is 272 g/mol. The van der Waals surface area contributed by atoms with Crippen LogP contribution in [-0.2, 0) is 9.84 Å². The van der Waals surface area contributed by atoms with Crippen LogP contribution in [0.15, 0.2) is 0 Å². The molecule has 0 radical (unpaired) electrons. The third-order valence-electron chi connectivity index (χ3n) is 5.18. The average molecular weight is 302 g/mol. The van der Waals surface area contributed by atoms with Crippen LogP contribution in [0.1, 0.15) is 39.0 Å². The number of sulfone groups is 1. The van der Waals surface area contributed by atoms with Gasteiger partial charge in [-0.25, -0.2) is 8.42 Å². The Balaban J connectivity index is 1.81. The molecule has 0 bridgehead atoms. The number of hydrogen-bond acceptors (Lipinski definition) is 4. The standard InChI is InChI=1S/C15H30N2O2S/c1-13-7-9-17(10-8-13)12-11-16(2)14-5-4-6-15(14)20(3,18)19/h13-15H,4-12H2,1-3H3/t14-,15+/m0/s1. The highest BCUT2D eigenvalue weighted by atomic mass is 32.2. The molecule has 4 nitrogen and oxygen atoms in total. The van der Waals surface area contributed by atoms with Gasteiger partial charge < -0.3 is 9.80 Å². The van der Waals surface area contributed by atoms with E-state index in [0.29, 0.717) is 0 Å². The van der Waals surface area contributed by atoms with Crippen molar-refractivity contribution in [3.63, 3.8) is 0 Å². The Morgan fingerprint density at radius 1 is 1.15 bits per heavy atom. The number of nitrogens with zero attached hydrogens (tertiary/aromatic N) is 2. The molecule has 1 saturated heterocycles. The molecule has 1 saturated carbocycles. The topological polar surface area (TPSA) is 40.6 Å². The molecule has 2 fully saturated rings. The van der Waals surface area contributed by atoms with Crippen molar-refractivity contribution in [3.05, 3.63) is 0 Å². The van der Waals surface area contributed by atoms with E-state index < -0.39 is 9.84 Å². The smallest absolute Gasteiger partial charge is 0.151 e. The highest BCUT2D eigenvalue weighted by molar-refractivity contribution is 7.91. The van der Waals surface area contributed by atoms with Gasteiger partial charge in [-0.05, 0) is 51.7 Å². The van der Waals surface area contributed by atoms with Gasteiger partial charge in [0.1, 0.15) is 0 Å².